The number of amides is 3. The van der Waals surface area contributed by atoms with Gasteiger partial charge in [-0.15, -0.1) is 0 Å². The van der Waals surface area contributed by atoms with Crippen molar-refractivity contribution in [3.63, 3.8) is 0 Å². The minimum Gasteiger partial charge on any atom is -0.508 e. The molecule has 3 atom stereocenters. The lowest BCUT2D eigenvalue weighted by atomic mass is 9.96. The van der Waals surface area contributed by atoms with Crippen LogP contribution in [0.4, 0.5) is 10.5 Å². The first-order valence-corrected chi connectivity index (χ1v) is 12.2. The Labute approximate surface area is 214 Å². The van der Waals surface area contributed by atoms with E-state index < -0.39 is 35.6 Å². The summed E-state index contributed by atoms with van der Waals surface area (Å²) in [5.74, 6) is -1.00. The highest BCUT2D eigenvalue weighted by Gasteiger charge is 2.36. The molecule has 0 fully saturated rings. The number of phenolic OH excluding ortho intramolecular Hbond substituents is 1. The van der Waals surface area contributed by atoms with Gasteiger partial charge in [-0.05, 0) is 69.4 Å². The van der Waals surface area contributed by atoms with Crippen molar-refractivity contribution in [1.82, 2.24) is 10.2 Å². The molecule has 0 aliphatic heterocycles. The number of nitrogens with zero attached hydrogens (tertiary/aromatic N) is 1. The van der Waals surface area contributed by atoms with Gasteiger partial charge in [0, 0.05) is 12.7 Å². The molecule has 2 aromatic carbocycles. The number of anilines is 1. The van der Waals surface area contributed by atoms with Gasteiger partial charge in [0.25, 0.3) is 5.91 Å². The Morgan fingerprint density at radius 1 is 1.03 bits per heavy atom. The number of phenols is 1. The maximum absolute atomic E-state index is 13.7. The van der Waals surface area contributed by atoms with Gasteiger partial charge in [0.05, 0.1) is 0 Å². The molecule has 0 saturated heterocycles. The van der Waals surface area contributed by atoms with Crippen LogP contribution in [-0.4, -0.2) is 46.6 Å². The molecule has 36 heavy (non-hydrogen) atoms. The van der Waals surface area contributed by atoms with Crippen molar-refractivity contribution in [2.45, 2.75) is 72.6 Å². The zero-order valence-corrected chi connectivity index (χ0v) is 22.5. The Morgan fingerprint density at radius 2 is 1.58 bits per heavy atom. The molecule has 0 heterocycles. The summed E-state index contributed by atoms with van der Waals surface area (Å²) < 4.78 is 5.38. The van der Waals surface area contributed by atoms with Crippen molar-refractivity contribution < 1.29 is 24.2 Å². The molecule has 0 aliphatic carbocycles. The second-order valence-electron chi connectivity index (χ2n) is 10.2. The monoisotopic (exact) mass is 497 g/mol. The molecule has 3 N–H and O–H groups in total. The highest BCUT2D eigenvalue weighted by atomic mass is 16.6. The number of carbonyl (C=O) groups excluding carboxylic acids is 3. The molecular formula is C28H39N3O5. The lowest BCUT2D eigenvalue weighted by Crippen LogP contribution is -2.53. The Hall–Kier alpha value is -3.55. The molecule has 0 spiro atoms. The fourth-order valence-electron chi connectivity index (χ4n) is 3.87. The van der Waals surface area contributed by atoms with Gasteiger partial charge in [-0.25, -0.2) is 4.79 Å². The van der Waals surface area contributed by atoms with E-state index in [2.05, 4.69) is 10.6 Å². The number of para-hydroxylation sites is 1. The van der Waals surface area contributed by atoms with Crippen LogP contribution in [0.1, 0.15) is 63.8 Å². The predicted octanol–water partition coefficient (Wildman–Crippen LogP) is 5.09. The van der Waals surface area contributed by atoms with Crippen molar-refractivity contribution in [2.75, 3.05) is 12.4 Å². The zero-order valence-electron chi connectivity index (χ0n) is 22.5. The molecule has 0 aliphatic rings. The minimum absolute atomic E-state index is 0.0470. The van der Waals surface area contributed by atoms with Crippen molar-refractivity contribution >= 4 is 23.6 Å². The highest BCUT2D eigenvalue weighted by Crippen LogP contribution is 2.28. The Balaban J connectivity index is 2.43. The third kappa shape index (κ3) is 7.47. The first kappa shape index (κ1) is 28.7. The number of hydrogen-bond donors (Lipinski definition) is 3. The van der Waals surface area contributed by atoms with E-state index >= 15 is 0 Å². The second kappa shape index (κ2) is 11.9. The number of nitrogens with one attached hydrogen (secondary N) is 2. The molecule has 196 valence electrons. The fraction of sp³-hybridized carbons (Fsp3) is 0.464. The topological polar surface area (TPSA) is 108 Å². The van der Waals surface area contributed by atoms with E-state index in [1.165, 1.54) is 24.1 Å². The highest BCUT2D eigenvalue weighted by molar-refractivity contribution is 5.99. The van der Waals surface area contributed by atoms with Crippen LogP contribution in [-0.2, 0) is 14.3 Å². The molecular weight excluding hydrogens is 458 g/mol. The summed E-state index contributed by atoms with van der Waals surface area (Å²) in [6.45, 7) is 12.8. The van der Waals surface area contributed by atoms with Gasteiger partial charge in [0.15, 0.2) is 0 Å². The number of alkyl carbamates (subject to hydrolysis) is 1. The average Bonchev–Trinajstić information content (AvgIpc) is 2.79. The first-order chi connectivity index (χ1) is 16.7. The number of aromatic hydroxyl groups is 1. The standard InChI is InChI=1S/C28H39N3O5/c1-9-17(2)23(30-27(35)36-28(5,6)7)26(34)31(8)24(20-13-15-21(32)16-14-20)25(33)29-22-18(3)11-10-12-19(22)4/h10-17,23-24,32H,9H2,1-8H3,(H,29,33)(H,30,35). The third-order valence-corrected chi connectivity index (χ3v) is 6.07. The summed E-state index contributed by atoms with van der Waals surface area (Å²) >= 11 is 0. The maximum atomic E-state index is 13.7. The Morgan fingerprint density at radius 3 is 2.08 bits per heavy atom. The predicted molar refractivity (Wildman–Crippen MR) is 141 cm³/mol. The van der Waals surface area contributed by atoms with Crippen molar-refractivity contribution in [3.05, 3.63) is 59.2 Å². The van der Waals surface area contributed by atoms with Crippen LogP contribution in [0.5, 0.6) is 5.75 Å². The number of aryl methyl sites for hydroxylation is 2. The van der Waals surface area contributed by atoms with Crippen molar-refractivity contribution in [2.24, 2.45) is 5.92 Å². The lowest BCUT2D eigenvalue weighted by Gasteiger charge is -2.33. The van der Waals surface area contributed by atoms with Crippen molar-refractivity contribution in [3.8, 4) is 5.75 Å². The first-order valence-electron chi connectivity index (χ1n) is 12.2. The van der Waals surface area contributed by atoms with E-state index in [9.17, 15) is 19.5 Å². The SMILES string of the molecule is CCC(C)C(NC(=O)OC(C)(C)C)C(=O)N(C)C(C(=O)Nc1c(C)cccc1C)c1ccc(O)cc1. The molecule has 2 rings (SSSR count). The normalized spacial score (nSPS) is 13.8. The smallest absolute Gasteiger partial charge is 0.408 e. The van der Waals surface area contributed by atoms with Crippen LogP contribution in [0.25, 0.3) is 0 Å². The maximum Gasteiger partial charge on any atom is 0.408 e. The summed E-state index contributed by atoms with van der Waals surface area (Å²) in [6, 6.07) is 9.95. The van der Waals surface area contributed by atoms with Crippen LogP contribution >= 0.6 is 0 Å². The van der Waals surface area contributed by atoms with Gasteiger partial charge in [-0.2, -0.15) is 0 Å². The largest absolute Gasteiger partial charge is 0.508 e. The van der Waals surface area contributed by atoms with Crippen molar-refractivity contribution in [1.29, 1.82) is 0 Å². The zero-order chi connectivity index (χ0) is 27.2. The third-order valence-electron chi connectivity index (χ3n) is 6.07. The lowest BCUT2D eigenvalue weighted by molar-refractivity contribution is -0.140. The average molecular weight is 498 g/mol. The molecule has 0 bridgehead atoms. The molecule has 3 amide bonds. The van der Waals surface area contributed by atoms with E-state index in [1.54, 1.807) is 32.9 Å². The molecule has 8 nitrogen and oxygen atoms in total. The van der Waals surface area contributed by atoms with Gasteiger partial charge >= 0.3 is 6.09 Å². The number of benzene rings is 2. The fourth-order valence-corrected chi connectivity index (χ4v) is 3.87. The van der Waals surface area contributed by atoms with Gasteiger partial charge in [-0.3, -0.25) is 9.59 Å². The van der Waals surface area contributed by atoms with Crippen LogP contribution in [0, 0.1) is 19.8 Å². The number of likely N-dealkylation sites (N-methyl/N-ethyl adjacent to an activating group) is 1. The van der Waals surface area contributed by atoms with Crippen LogP contribution < -0.4 is 10.6 Å². The van der Waals surface area contributed by atoms with Crippen LogP contribution in [0.2, 0.25) is 0 Å². The van der Waals surface area contributed by atoms with E-state index in [1.807, 2.05) is 45.9 Å². The van der Waals surface area contributed by atoms with E-state index in [-0.39, 0.29) is 11.7 Å². The molecule has 0 saturated carbocycles. The summed E-state index contributed by atoms with van der Waals surface area (Å²) in [7, 11) is 1.54. The molecule has 8 heteroatoms. The summed E-state index contributed by atoms with van der Waals surface area (Å²) in [5.41, 5.74) is 2.26. The number of rotatable bonds is 8. The second-order valence-corrected chi connectivity index (χ2v) is 10.2. The Bertz CT molecular complexity index is 1060. The van der Waals surface area contributed by atoms with E-state index in [0.717, 1.165) is 11.1 Å². The summed E-state index contributed by atoms with van der Waals surface area (Å²) in [6.07, 6.45) is -0.0749. The summed E-state index contributed by atoms with van der Waals surface area (Å²) in [4.78, 5) is 41.3. The Kier molecular flexibility index (Phi) is 9.50. The number of carbonyl (C=O) groups is 3. The minimum atomic E-state index is -1.01. The summed E-state index contributed by atoms with van der Waals surface area (Å²) in [5, 5.41) is 15.5. The van der Waals surface area contributed by atoms with E-state index in [0.29, 0.717) is 17.7 Å². The van der Waals surface area contributed by atoms with Gasteiger partial charge < -0.3 is 25.4 Å². The van der Waals surface area contributed by atoms with Gasteiger partial charge in [0.2, 0.25) is 5.91 Å². The van der Waals surface area contributed by atoms with Crippen LogP contribution in [0.3, 0.4) is 0 Å². The van der Waals surface area contributed by atoms with Gasteiger partial charge in [-0.1, -0.05) is 50.6 Å². The van der Waals surface area contributed by atoms with E-state index in [4.69, 9.17) is 4.74 Å². The molecule has 0 radical (unpaired) electrons. The number of ether oxygens (including phenoxy) is 1. The van der Waals surface area contributed by atoms with Crippen LogP contribution in [0.15, 0.2) is 42.5 Å². The molecule has 3 unspecified atom stereocenters. The number of hydrogen-bond acceptors (Lipinski definition) is 5. The quantitative estimate of drug-likeness (QED) is 0.471. The molecule has 2 aromatic rings. The van der Waals surface area contributed by atoms with Gasteiger partial charge in [0.1, 0.15) is 23.4 Å². The molecule has 0 aromatic heterocycles.